The summed E-state index contributed by atoms with van der Waals surface area (Å²) in [6.45, 7) is 7.25. The molecule has 0 aromatic heterocycles. The van der Waals surface area contributed by atoms with Gasteiger partial charge in [0.1, 0.15) is 0 Å². The highest BCUT2D eigenvalue weighted by Gasteiger charge is 2.33. The average Bonchev–Trinajstić information content (AvgIpc) is 2.52. The fourth-order valence-corrected chi connectivity index (χ4v) is 3.59. The van der Waals surface area contributed by atoms with E-state index in [-0.39, 0.29) is 11.6 Å². The van der Waals surface area contributed by atoms with E-state index in [1.807, 2.05) is 0 Å². The minimum Gasteiger partial charge on any atom is -0.478 e. The summed E-state index contributed by atoms with van der Waals surface area (Å²) in [7, 11) is 0. The van der Waals surface area contributed by atoms with Gasteiger partial charge in [-0.3, -0.25) is 0 Å². The summed E-state index contributed by atoms with van der Waals surface area (Å²) in [6, 6.07) is 6.39. The highest BCUT2D eigenvalue weighted by atomic mass is 16.4. The lowest BCUT2D eigenvalue weighted by molar-refractivity contribution is 0.0696. The number of rotatable bonds is 4. The molecule has 0 radical (unpaired) electrons. The lowest BCUT2D eigenvalue weighted by Crippen LogP contribution is -2.45. The number of aromatic carboxylic acids is 1. The van der Waals surface area contributed by atoms with Crippen molar-refractivity contribution in [2.75, 3.05) is 0 Å². The van der Waals surface area contributed by atoms with Crippen LogP contribution >= 0.6 is 0 Å². The normalized spacial score (nSPS) is 21.3. The second-order valence-corrected chi connectivity index (χ2v) is 7.84. The highest BCUT2D eigenvalue weighted by Crippen LogP contribution is 2.39. The van der Waals surface area contributed by atoms with E-state index < -0.39 is 12.0 Å². The molecule has 3 N–H and O–H groups in total. The van der Waals surface area contributed by atoms with Crippen molar-refractivity contribution in [3.63, 3.8) is 0 Å². The zero-order chi connectivity index (χ0) is 17.9. The lowest BCUT2D eigenvalue weighted by Gasteiger charge is -2.40. The van der Waals surface area contributed by atoms with Gasteiger partial charge >= 0.3 is 12.0 Å². The maximum atomic E-state index is 11.9. The third kappa shape index (κ3) is 4.49. The molecule has 132 valence electrons. The van der Waals surface area contributed by atoms with E-state index in [4.69, 9.17) is 10.8 Å². The number of nitrogens with zero attached hydrogens (tertiary/aromatic N) is 1. The second-order valence-electron chi connectivity index (χ2n) is 7.84. The van der Waals surface area contributed by atoms with E-state index in [2.05, 4.69) is 20.8 Å². The van der Waals surface area contributed by atoms with Gasteiger partial charge in [0.15, 0.2) is 0 Å². The van der Waals surface area contributed by atoms with Crippen molar-refractivity contribution in [3.05, 3.63) is 35.4 Å². The minimum atomic E-state index is -0.950. The van der Waals surface area contributed by atoms with Crippen LogP contribution in [0.3, 0.4) is 0 Å². The van der Waals surface area contributed by atoms with Crippen LogP contribution in [0.4, 0.5) is 4.79 Å². The molecular formula is C19H28N2O3. The largest absolute Gasteiger partial charge is 0.478 e. The summed E-state index contributed by atoms with van der Waals surface area (Å²) in [5.74, 6) is -0.271. The van der Waals surface area contributed by atoms with Crippen molar-refractivity contribution in [1.29, 1.82) is 0 Å². The Morgan fingerprint density at radius 1 is 1.12 bits per heavy atom. The number of urea groups is 1. The molecule has 1 fully saturated rings. The number of hydrogen-bond donors (Lipinski definition) is 2. The molecule has 2 amide bonds. The smallest absolute Gasteiger partial charge is 0.335 e. The fraction of sp³-hybridized carbons (Fsp3) is 0.579. The lowest BCUT2D eigenvalue weighted by atomic mass is 9.71. The molecule has 0 atom stereocenters. The monoisotopic (exact) mass is 332 g/mol. The zero-order valence-corrected chi connectivity index (χ0v) is 14.8. The molecule has 5 heteroatoms. The number of nitrogens with two attached hydrogens (primary N) is 1. The standard InChI is InChI=1S/C19H28N2O3/c1-19(2,3)15-8-10-16(11-9-15)21(18(20)24)12-13-4-6-14(7-5-13)17(22)23/h4-7,15-16H,8-12H2,1-3H3,(H2,20,24)(H,22,23). The van der Waals surface area contributed by atoms with Gasteiger partial charge < -0.3 is 15.7 Å². The first kappa shape index (κ1) is 18.3. The number of carbonyl (C=O) groups is 2. The number of carbonyl (C=O) groups excluding carboxylic acids is 1. The van der Waals surface area contributed by atoms with Crippen molar-refractivity contribution in [2.24, 2.45) is 17.1 Å². The molecule has 2 rings (SSSR count). The Hall–Kier alpha value is -2.04. The van der Waals surface area contributed by atoms with Crippen molar-refractivity contribution in [1.82, 2.24) is 4.90 Å². The van der Waals surface area contributed by atoms with Gasteiger partial charge in [0.05, 0.1) is 5.56 Å². The first-order valence-corrected chi connectivity index (χ1v) is 8.57. The molecule has 0 unspecified atom stereocenters. The third-order valence-corrected chi connectivity index (χ3v) is 5.20. The number of carboxylic acid groups (broad SMARTS) is 1. The average molecular weight is 332 g/mol. The number of amides is 2. The van der Waals surface area contributed by atoms with Crippen LogP contribution in [0.15, 0.2) is 24.3 Å². The van der Waals surface area contributed by atoms with Crippen LogP contribution in [0.5, 0.6) is 0 Å². The predicted octanol–water partition coefficient (Wildman–Crippen LogP) is 3.87. The summed E-state index contributed by atoms with van der Waals surface area (Å²) in [4.78, 5) is 24.6. The molecule has 1 aliphatic carbocycles. The second kappa shape index (κ2) is 7.24. The molecule has 0 heterocycles. The molecule has 24 heavy (non-hydrogen) atoms. The third-order valence-electron chi connectivity index (χ3n) is 5.20. The number of carboxylic acids is 1. The molecule has 5 nitrogen and oxygen atoms in total. The Labute approximate surface area is 143 Å². The molecule has 0 saturated heterocycles. The molecular weight excluding hydrogens is 304 g/mol. The first-order valence-electron chi connectivity index (χ1n) is 8.57. The van der Waals surface area contributed by atoms with Crippen molar-refractivity contribution in [3.8, 4) is 0 Å². The van der Waals surface area contributed by atoms with Crippen LogP contribution in [0.25, 0.3) is 0 Å². The van der Waals surface area contributed by atoms with Crippen molar-refractivity contribution < 1.29 is 14.7 Å². The predicted molar refractivity (Wildman–Crippen MR) is 93.7 cm³/mol. The summed E-state index contributed by atoms with van der Waals surface area (Å²) in [5, 5.41) is 8.96. The fourth-order valence-electron chi connectivity index (χ4n) is 3.59. The van der Waals surface area contributed by atoms with E-state index in [1.165, 1.54) is 0 Å². The van der Waals surface area contributed by atoms with E-state index in [0.717, 1.165) is 31.2 Å². The van der Waals surface area contributed by atoms with E-state index in [9.17, 15) is 9.59 Å². The summed E-state index contributed by atoms with van der Waals surface area (Å²) in [5.41, 5.74) is 7.05. The van der Waals surface area contributed by atoms with E-state index in [0.29, 0.717) is 17.9 Å². The molecule has 1 aromatic carbocycles. The quantitative estimate of drug-likeness (QED) is 0.878. The Kier molecular flexibility index (Phi) is 5.52. The maximum absolute atomic E-state index is 11.9. The van der Waals surface area contributed by atoms with E-state index in [1.54, 1.807) is 29.2 Å². The van der Waals surface area contributed by atoms with Crippen LogP contribution in [0, 0.1) is 11.3 Å². The molecule has 0 bridgehead atoms. The van der Waals surface area contributed by atoms with Crippen LogP contribution in [-0.4, -0.2) is 28.0 Å². The first-order chi connectivity index (χ1) is 11.2. The van der Waals surface area contributed by atoms with Gasteiger partial charge in [-0.05, 0) is 54.7 Å². The van der Waals surface area contributed by atoms with Gasteiger partial charge in [0.2, 0.25) is 0 Å². The van der Waals surface area contributed by atoms with Crippen LogP contribution in [0.2, 0.25) is 0 Å². The minimum absolute atomic E-state index is 0.167. The number of benzene rings is 1. The Balaban J connectivity index is 2.03. The zero-order valence-electron chi connectivity index (χ0n) is 14.8. The van der Waals surface area contributed by atoms with Crippen LogP contribution in [-0.2, 0) is 6.54 Å². The van der Waals surface area contributed by atoms with Gasteiger partial charge in [-0.15, -0.1) is 0 Å². The Morgan fingerprint density at radius 2 is 1.67 bits per heavy atom. The van der Waals surface area contributed by atoms with Crippen LogP contribution < -0.4 is 5.73 Å². The van der Waals surface area contributed by atoms with E-state index >= 15 is 0 Å². The Morgan fingerprint density at radius 3 is 2.08 bits per heavy atom. The van der Waals surface area contributed by atoms with Gasteiger partial charge in [0, 0.05) is 12.6 Å². The topological polar surface area (TPSA) is 83.6 Å². The summed E-state index contributed by atoms with van der Waals surface area (Å²) >= 11 is 0. The van der Waals surface area contributed by atoms with Crippen LogP contribution in [0.1, 0.15) is 62.4 Å². The van der Waals surface area contributed by atoms with Crippen molar-refractivity contribution >= 4 is 12.0 Å². The molecule has 0 aliphatic heterocycles. The van der Waals surface area contributed by atoms with Gasteiger partial charge in [-0.1, -0.05) is 32.9 Å². The summed E-state index contributed by atoms with van der Waals surface area (Å²) in [6.07, 6.45) is 4.15. The maximum Gasteiger partial charge on any atom is 0.335 e. The number of primary amides is 1. The molecule has 1 aliphatic rings. The van der Waals surface area contributed by atoms with Gasteiger partial charge in [0.25, 0.3) is 0 Å². The SMILES string of the molecule is CC(C)(C)C1CCC(N(Cc2ccc(C(=O)O)cc2)C(N)=O)CC1. The van der Waals surface area contributed by atoms with Gasteiger partial charge in [-0.2, -0.15) is 0 Å². The molecule has 0 spiro atoms. The highest BCUT2D eigenvalue weighted by molar-refractivity contribution is 5.87. The molecule has 1 saturated carbocycles. The Bertz CT molecular complexity index is 582. The molecule has 1 aromatic rings. The van der Waals surface area contributed by atoms with Crippen molar-refractivity contribution in [2.45, 2.75) is 59.0 Å². The number of hydrogen-bond acceptors (Lipinski definition) is 2. The summed E-state index contributed by atoms with van der Waals surface area (Å²) < 4.78 is 0. The van der Waals surface area contributed by atoms with Gasteiger partial charge in [-0.25, -0.2) is 9.59 Å².